The molecule has 0 spiro atoms. The van der Waals surface area contributed by atoms with Gasteiger partial charge in [0, 0.05) is 18.7 Å². The third kappa shape index (κ3) is 3.09. The Labute approximate surface area is 107 Å². The van der Waals surface area contributed by atoms with Gasteiger partial charge in [0.15, 0.2) is 0 Å². The zero-order valence-corrected chi connectivity index (χ0v) is 10.6. The Morgan fingerprint density at radius 2 is 2.22 bits per heavy atom. The van der Waals surface area contributed by atoms with Gasteiger partial charge in [-0.05, 0) is 35.6 Å². The highest BCUT2D eigenvalue weighted by molar-refractivity contribution is 5.94. The van der Waals surface area contributed by atoms with E-state index < -0.39 is 0 Å². The fourth-order valence-electron chi connectivity index (χ4n) is 2.00. The molecule has 0 saturated carbocycles. The van der Waals surface area contributed by atoms with Crippen LogP contribution in [0.15, 0.2) is 18.2 Å². The number of benzene rings is 1. The number of hydrogen-bond donors (Lipinski definition) is 2. The maximum atomic E-state index is 11.9. The van der Waals surface area contributed by atoms with Crippen molar-refractivity contribution in [1.29, 1.82) is 0 Å². The van der Waals surface area contributed by atoms with Crippen molar-refractivity contribution in [3.8, 4) is 0 Å². The Balaban J connectivity index is 1.93. The van der Waals surface area contributed by atoms with Crippen LogP contribution in [0, 0.1) is 5.92 Å². The molecule has 1 aliphatic rings. The number of ether oxygens (including phenoxy) is 1. The van der Waals surface area contributed by atoms with Crippen molar-refractivity contribution in [2.45, 2.75) is 26.6 Å². The lowest BCUT2D eigenvalue weighted by Gasteiger charge is -2.11. The predicted octanol–water partition coefficient (Wildman–Crippen LogP) is 1.47. The van der Waals surface area contributed by atoms with Crippen molar-refractivity contribution < 1.29 is 14.6 Å². The summed E-state index contributed by atoms with van der Waals surface area (Å²) in [6.07, 6.45) is 0.707. The number of fused-ring (bicyclic) bond motifs is 1. The second kappa shape index (κ2) is 5.98. The summed E-state index contributed by atoms with van der Waals surface area (Å²) in [5.41, 5.74) is 2.95. The van der Waals surface area contributed by atoms with Crippen LogP contribution in [0.2, 0.25) is 0 Å². The number of carbonyl (C=O) groups is 1. The van der Waals surface area contributed by atoms with Crippen LogP contribution in [0.4, 0.5) is 0 Å². The Morgan fingerprint density at radius 3 is 3.00 bits per heavy atom. The van der Waals surface area contributed by atoms with Crippen molar-refractivity contribution in [2.24, 2.45) is 5.92 Å². The van der Waals surface area contributed by atoms with Gasteiger partial charge in [-0.3, -0.25) is 4.79 Å². The van der Waals surface area contributed by atoms with E-state index in [1.807, 2.05) is 25.1 Å². The second-order valence-electron chi connectivity index (χ2n) is 4.80. The maximum absolute atomic E-state index is 11.9. The van der Waals surface area contributed by atoms with Crippen LogP contribution in [0.5, 0.6) is 0 Å². The molecule has 0 fully saturated rings. The Bertz CT molecular complexity index is 431. The first-order valence-electron chi connectivity index (χ1n) is 6.29. The molecule has 1 atom stereocenters. The number of rotatable bonds is 5. The smallest absolute Gasteiger partial charge is 0.251 e. The summed E-state index contributed by atoms with van der Waals surface area (Å²) in [4.78, 5) is 11.9. The first-order valence-corrected chi connectivity index (χ1v) is 6.29. The summed E-state index contributed by atoms with van der Waals surface area (Å²) in [7, 11) is 0. The third-order valence-electron chi connectivity index (χ3n) is 3.22. The van der Waals surface area contributed by atoms with E-state index in [-0.39, 0.29) is 18.4 Å². The van der Waals surface area contributed by atoms with E-state index >= 15 is 0 Å². The lowest BCUT2D eigenvalue weighted by Crippen LogP contribution is -2.28. The quantitative estimate of drug-likeness (QED) is 0.830. The van der Waals surface area contributed by atoms with Crippen LogP contribution >= 0.6 is 0 Å². The molecular weight excluding hydrogens is 230 g/mol. The summed E-state index contributed by atoms with van der Waals surface area (Å²) >= 11 is 0. The normalized spacial score (nSPS) is 15.2. The van der Waals surface area contributed by atoms with Gasteiger partial charge in [0.2, 0.25) is 0 Å². The molecule has 0 bridgehead atoms. The zero-order valence-electron chi connectivity index (χ0n) is 10.6. The van der Waals surface area contributed by atoms with E-state index in [1.54, 1.807) is 0 Å². The van der Waals surface area contributed by atoms with Crippen molar-refractivity contribution in [3.63, 3.8) is 0 Å². The highest BCUT2D eigenvalue weighted by Crippen LogP contribution is 2.20. The number of nitrogens with one attached hydrogen (secondary N) is 1. The van der Waals surface area contributed by atoms with E-state index in [9.17, 15) is 4.79 Å². The molecule has 0 radical (unpaired) electrons. The first kappa shape index (κ1) is 13.1. The average Bonchev–Trinajstić information content (AvgIpc) is 2.83. The van der Waals surface area contributed by atoms with E-state index in [0.717, 1.165) is 5.56 Å². The molecule has 1 unspecified atom stereocenters. The molecule has 98 valence electrons. The van der Waals surface area contributed by atoms with Crippen molar-refractivity contribution in [2.75, 3.05) is 13.2 Å². The maximum Gasteiger partial charge on any atom is 0.251 e. The predicted molar refractivity (Wildman–Crippen MR) is 68.1 cm³/mol. The Hall–Kier alpha value is -1.39. The van der Waals surface area contributed by atoms with Crippen molar-refractivity contribution in [1.82, 2.24) is 5.32 Å². The standard InChI is InChI=1S/C14H19NO3/c1-10(4-5-16)7-15-14(17)11-2-3-12-8-18-9-13(12)6-11/h2-3,6,10,16H,4-5,7-9H2,1H3,(H,15,17). The topological polar surface area (TPSA) is 58.6 Å². The molecule has 0 aliphatic carbocycles. The molecule has 18 heavy (non-hydrogen) atoms. The molecule has 1 amide bonds. The van der Waals surface area contributed by atoms with Crippen LogP contribution in [-0.2, 0) is 18.0 Å². The monoisotopic (exact) mass is 249 g/mol. The third-order valence-corrected chi connectivity index (χ3v) is 3.22. The van der Waals surface area contributed by atoms with Crippen LogP contribution in [0.1, 0.15) is 34.8 Å². The van der Waals surface area contributed by atoms with Crippen molar-refractivity contribution in [3.05, 3.63) is 34.9 Å². The first-order chi connectivity index (χ1) is 8.70. The van der Waals surface area contributed by atoms with Gasteiger partial charge in [-0.15, -0.1) is 0 Å². The SMILES string of the molecule is CC(CCO)CNC(=O)c1ccc2c(c1)COC2. The van der Waals surface area contributed by atoms with Crippen LogP contribution in [0.25, 0.3) is 0 Å². The number of aliphatic hydroxyl groups excluding tert-OH is 1. The van der Waals surface area contributed by atoms with Gasteiger partial charge in [-0.1, -0.05) is 13.0 Å². The highest BCUT2D eigenvalue weighted by atomic mass is 16.5. The number of hydrogen-bond acceptors (Lipinski definition) is 3. The molecule has 1 aromatic carbocycles. The van der Waals surface area contributed by atoms with Gasteiger partial charge in [0.05, 0.1) is 13.2 Å². The van der Waals surface area contributed by atoms with Crippen LogP contribution < -0.4 is 5.32 Å². The van der Waals surface area contributed by atoms with Gasteiger partial charge in [-0.2, -0.15) is 0 Å². The van der Waals surface area contributed by atoms with Gasteiger partial charge in [0.1, 0.15) is 0 Å². The van der Waals surface area contributed by atoms with E-state index in [2.05, 4.69) is 5.32 Å². The molecule has 0 saturated heterocycles. The van der Waals surface area contributed by atoms with Crippen LogP contribution in [0.3, 0.4) is 0 Å². The number of amides is 1. The molecule has 4 nitrogen and oxygen atoms in total. The molecule has 4 heteroatoms. The van der Waals surface area contributed by atoms with Gasteiger partial charge in [-0.25, -0.2) is 0 Å². The molecule has 1 heterocycles. The van der Waals surface area contributed by atoms with Gasteiger partial charge < -0.3 is 15.2 Å². The Kier molecular flexibility index (Phi) is 4.33. The summed E-state index contributed by atoms with van der Waals surface area (Å²) < 4.78 is 5.32. The lowest BCUT2D eigenvalue weighted by molar-refractivity contribution is 0.0945. The highest BCUT2D eigenvalue weighted by Gasteiger charge is 2.14. The molecule has 0 aromatic heterocycles. The van der Waals surface area contributed by atoms with E-state index in [4.69, 9.17) is 9.84 Å². The number of aliphatic hydroxyl groups is 1. The summed E-state index contributed by atoms with van der Waals surface area (Å²) in [5, 5.41) is 11.7. The molecular formula is C14H19NO3. The molecule has 2 N–H and O–H groups in total. The minimum absolute atomic E-state index is 0.0607. The molecule has 1 aromatic rings. The summed E-state index contributed by atoms with van der Waals surface area (Å²) in [6.45, 7) is 4.00. The largest absolute Gasteiger partial charge is 0.396 e. The van der Waals surface area contributed by atoms with Crippen molar-refractivity contribution >= 4 is 5.91 Å². The van der Waals surface area contributed by atoms with Crippen LogP contribution in [-0.4, -0.2) is 24.2 Å². The summed E-state index contributed by atoms with van der Waals surface area (Å²) in [5.74, 6) is 0.228. The van der Waals surface area contributed by atoms with E-state index in [0.29, 0.717) is 31.7 Å². The minimum Gasteiger partial charge on any atom is -0.396 e. The molecule has 1 aliphatic heterocycles. The van der Waals surface area contributed by atoms with Gasteiger partial charge in [0.25, 0.3) is 5.91 Å². The fourth-order valence-corrected chi connectivity index (χ4v) is 2.00. The zero-order chi connectivity index (χ0) is 13.0. The summed E-state index contributed by atoms with van der Waals surface area (Å²) in [6, 6.07) is 5.68. The fraction of sp³-hybridized carbons (Fsp3) is 0.500. The average molecular weight is 249 g/mol. The lowest BCUT2D eigenvalue weighted by atomic mass is 10.1. The second-order valence-corrected chi connectivity index (χ2v) is 4.80. The molecule has 2 rings (SSSR count). The number of carbonyl (C=O) groups excluding carboxylic acids is 1. The van der Waals surface area contributed by atoms with E-state index in [1.165, 1.54) is 5.56 Å². The Morgan fingerprint density at radius 1 is 1.44 bits per heavy atom. The minimum atomic E-state index is -0.0607. The van der Waals surface area contributed by atoms with Gasteiger partial charge >= 0.3 is 0 Å².